The number of para-hydroxylation sites is 2. The molecule has 1 heterocycles. The Hall–Kier alpha value is -2.80. The minimum atomic E-state index is -0.237. The highest BCUT2D eigenvalue weighted by molar-refractivity contribution is 8.00. The number of carbonyl (C=O) groups excluding carboxylic acids is 2. The Morgan fingerprint density at radius 1 is 1.00 bits per heavy atom. The van der Waals surface area contributed by atoms with Crippen LogP contribution in [-0.4, -0.2) is 32.9 Å². The van der Waals surface area contributed by atoms with Crippen LogP contribution in [-0.2, 0) is 15.1 Å². The van der Waals surface area contributed by atoms with Gasteiger partial charge in [-0.1, -0.05) is 24.3 Å². The number of aryl methyl sites for hydroxylation is 1. The standard InChI is InChI=1S/C22H26N4O2S/c1-15-8-7-9-16(12-15)23-19(27)13-29-14-20(28)25-21-24-17-10-5-6-11-18(17)26(21)22(2,3)4/h5-12H,13-14H2,1-4H3,(H,23,27)(H,24,25,28). The van der Waals surface area contributed by atoms with Crippen molar-refractivity contribution < 1.29 is 9.59 Å². The molecule has 2 aromatic carbocycles. The fraction of sp³-hybridized carbons (Fsp3) is 0.318. The summed E-state index contributed by atoms with van der Waals surface area (Å²) in [7, 11) is 0. The van der Waals surface area contributed by atoms with E-state index < -0.39 is 0 Å². The summed E-state index contributed by atoms with van der Waals surface area (Å²) < 4.78 is 2.02. The molecule has 0 saturated carbocycles. The van der Waals surface area contributed by atoms with E-state index in [2.05, 4.69) is 36.4 Å². The number of benzene rings is 2. The fourth-order valence-electron chi connectivity index (χ4n) is 3.11. The third-order valence-electron chi connectivity index (χ3n) is 4.25. The molecule has 0 atom stereocenters. The Morgan fingerprint density at radius 3 is 2.38 bits per heavy atom. The third-order valence-corrected chi connectivity index (χ3v) is 5.18. The Kier molecular flexibility index (Phi) is 6.27. The first-order chi connectivity index (χ1) is 13.7. The van der Waals surface area contributed by atoms with E-state index in [1.807, 2.05) is 60.0 Å². The van der Waals surface area contributed by atoms with Crippen LogP contribution in [0.4, 0.5) is 11.6 Å². The summed E-state index contributed by atoms with van der Waals surface area (Å²) in [5.41, 5.74) is 3.42. The number of aromatic nitrogens is 2. The molecule has 0 fully saturated rings. The minimum Gasteiger partial charge on any atom is -0.325 e. The molecule has 0 unspecified atom stereocenters. The molecule has 1 aromatic heterocycles. The van der Waals surface area contributed by atoms with E-state index in [1.165, 1.54) is 11.8 Å². The average molecular weight is 411 g/mol. The molecule has 0 saturated heterocycles. The lowest BCUT2D eigenvalue weighted by Crippen LogP contribution is -2.26. The Morgan fingerprint density at radius 2 is 1.69 bits per heavy atom. The van der Waals surface area contributed by atoms with Crippen LogP contribution < -0.4 is 10.6 Å². The van der Waals surface area contributed by atoms with Crippen LogP contribution in [0.2, 0.25) is 0 Å². The molecular formula is C22H26N4O2S. The average Bonchev–Trinajstić information content (AvgIpc) is 2.99. The maximum absolute atomic E-state index is 12.4. The number of amides is 2. The zero-order chi connectivity index (χ0) is 21.0. The van der Waals surface area contributed by atoms with E-state index in [-0.39, 0.29) is 28.9 Å². The first-order valence-electron chi connectivity index (χ1n) is 9.46. The Bertz CT molecular complexity index is 1040. The van der Waals surface area contributed by atoms with E-state index in [1.54, 1.807) is 0 Å². The van der Waals surface area contributed by atoms with Gasteiger partial charge in [-0.3, -0.25) is 14.9 Å². The van der Waals surface area contributed by atoms with Gasteiger partial charge in [-0.15, -0.1) is 11.8 Å². The number of hydrogen-bond acceptors (Lipinski definition) is 4. The van der Waals surface area contributed by atoms with Crippen molar-refractivity contribution in [3.05, 3.63) is 54.1 Å². The highest BCUT2D eigenvalue weighted by Crippen LogP contribution is 2.28. The van der Waals surface area contributed by atoms with Gasteiger partial charge in [-0.05, 0) is 57.5 Å². The van der Waals surface area contributed by atoms with Crippen LogP contribution >= 0.6 is 11.8 Å². The van der Waals surface area contributed by atoms with Crippen LogP contribution in [0, 0.1) is 6.92 Å². The van der Waals surface area contributed by atoms with Crippen molar-refractivity contribution in [3.8, 4) is 0 Å². The van der Waals surface area contributed by atoms with E-state index in [0.29, 0.717) is 5.95 Å². The van der Waals surface area contributed by atoms with E-state index in [9.17, 15) is 9.59 Å². The van der Waals surface area contributed by atoms with Crippen LogP contribution in [0.1, 0.15) is 26.3 Å². The number of imidazole rings is 1. The van der Waals surface area contributed by atoms with Crippen molar-refractivity contribution in [1.82, 2.24) is 9.55 Å². The molecule has 0 aliphatic carbocycles. The highest BCUT2D eigenvalue weighted by Gasteiger charge is 2.22. The number of anilines is 2. The summed E-state index contributed by atoms with van der Waals surface area (Å²) in [5, 5.41) is 5.74. The molecule has 29 heavy (non-hydrogen) atoms. The lowest BCUT2D eigenvalue weighted by atomic mass is 10.1. The normalized spacial score (nSPS) is 11.4. The van der Waals surface area contributed by atoms with Crippen molar-refractivity contribution in [3.63, 3.8) is 0 Å². The number of fused-ring (bicyclic) bond motifs is 1. The first kappa shape index (κ1) is 20.9. The molecule has 0 aliphatic rings. The summed E-state index contributed by atoms with van der Waals surface area (Å²) >= 11 is 1.27. The van der Waals surface area contributed by atoms with Crippen LogP contribution in [0.5, 0.6) is 0 Å². The van der Waals surface area contributed by atoms with Gasteiger partial charge in [-0.25, -0.2) is 4.98 Å². The number of thioether (sulfide) groups is 1. The molecule has 3 rings (SSSR count). The number of rotatable bonds is 6. The number of nitrogens with one attached hydrogen (secondary N) is 2. The predicted molar refractivity (Wildman–Crippen MR) is 120 cm³/mol. The van der Waals surface area contributed by atoms with Gasteiger partial charge in [0.25, 0.3) is 0 Å². The zero-order valence-electron chi connectivity index (χ0n) is 17.2. The summed E-state index contributed by atoms with van der Waals surface area (Å²) in [4.78, 5) is 29.1. The second-order valence-corrected chi connectivity index (χ2v) is 8.87. The van der Waals surface area contributed by atoms with Gasteiger partial charge in [0.1, 0.15) is 0 Å². The molecular weight excluding hydrogens is 384 g/mol. The predicted octanol–water partition coefficient (Wildman–Crippen LogP) is 4.41. The SMILES string of the molecule is Cc1cccc(NC(=O)CSCC(=O)Nc2nc3ccccc3n2C(C)(C)C)c1. The van der Waals surface area contributed by atoms with E-state index in [4.69, 9.17) is 0 Å². The number of hydrogen-bond donors (Lipinski definition) is 2. The Balaban J connectivity index is 1.58. The van der Waals surface area contributed by atoms with Crippen molar-refractivity contribution in [2.45, 2.75) is 33.2 Å². The van der Waals surface area contributed by atoms with Crippen molar-refractivity contribution in [2.24, 2.45) is 0 Å². The van der Waals surface area contributed by atoms with Gasteiger partial charge in [0.05, 0.1) is 22.5 Å². The minimum absolute atomic E-state index is 0.129. The molecule has 6 nitrogen and oxygen atoms in total. The van der Waals surface area contributed by atoms with Gasteiger partial charge in [0, 0.05) is 11.2 Å². The quantitative estimate of drug-likeness (QED) is 0.631. The van der Waals surface area contributed by atoms with Gasteiger partial charge in [0.2, 0.25) is 17.8 Å². The summed E-state index contributed by atoms with van der Waals surface area (Å²) in [6, 6.07) is 15.4. The largest absolute Gasteiger partial charge is 0.325 e. The lowest BCUT2D eigenvalue weighted by molar-refractivity contribution is -0.114. The third kappa shape index (κ3) is 5.38. The van der Waals surface area contributed by atoms with Gasteiger partial charge in [-0.2, -0.15) is 0 Å². The lowest BCUT2D eigenvalue weighted by Gasteiger charge is -2.24. The smallest absolute Gasteiger partial charge is 0.236 e. The van der Waals surface area contributed by atoms with E-state index >= 15 is 0 Å². The highest BCUT2D eigenvalue weighted by atomic mass is 32.2. The van der Waals surface area contributed by atoms with Gasteiger partial charge < -0.3 is 9.88 Å². The second kappa shape index (κ2) is 8.69. The molecule has 0 spiro atoms. The molecule has 2 N–H and O–H groups in total. The molecule has 0 bridgehead atoms. The number of nitrogens with zero attached hydrogens (tertiary/aromatic N) is 2. The maximum Gasteiger partial charge on any atom is 0.236 e. The zero-order valence-corrected chi connectivity index (χ0v) is 18.0. The van der Waals surface area contributed by atoms with Crippen molar-refractivity contribution in [1.29, 1.82) is 0 Å². The topological polar surface area (TPSA) is 76.0 Å². The van der Waals surface area contributed by atoms with Crippen molar-refractivity contribution in [2.75, 3.05) is 22.1 Å². The van der Waals surface area contributed by atoms with Gasteiger partial charge >= 0.3 is 0 Å². The molecule has 152 valence electrons. The van der Waals surface area contributed by atoms with Crippen LogP contribution in [0.25, 0.3) is 11.0 Å². The molecule has 3 aromatic rings. The summed E-state index contributed by atoms with van der Waals surface area (Å²) in [6.45, 7) is 8.18. The number of carbonyl (C=O) groups is 2. The van der Waals surface area contributed by atoms with Crippen LogP contribution in [0.3, 0.4) is 0 Å². The Labute approximate surface area is 175 Å². The van der Waals surface area contributed by atoms with Gasteiger partial charge in [0.15, 0.2) is 0 Å². The maximum atomic E-state index is 12.4. The molecule has 2 amide bonds. The first-order valence-corrected chi connectivity index (χ1v) is 10.6. The second-order valence-electron chi connectivity index (χ2n) is 7.89. The van der Waals surface area contributed by atoms with Crippen LogP contribution in [0.15, 0.2) is 48.5 Å². The molecule has 0 radical (unpaired) electrons. The molecule has 7 heteroatoms. The van der Waals surface area contributed by atoms with E-state index in [0.717, 1.165) is 22.3 Å². The fourth-order valence-corrected chi connectivity index (χ4v) is 3.72. The summed E-state index contributed by atoms with van der Waals surface area (Å²) in [5.74, 6) is 0.592. The monoisotopic (exact) mass is 410 g/mol. The summed E-state index contributed by atoms with van der Waals surface area (Å²) in [6.07, 6.45) is 0. The van der Waals surface area contributed by atoms with Crippen molar-refractivity contribution >= 4 is 46.2 Å². The molecule has 0 aliphatic heterocycles.